The van der Waals surface area contributed by atoms with Crippen molar-refractivity contribution in [2.75, 3.05) is 39.6 Å². The summed E-state index contributed by atoms with van der Waals surface area (Å²) in [5.41, 5.74) is 0. The molecule has 0 rings (SSSR count). The summed E-state index contributed by atoms with van der Waals surface area (Å²) in [7, 11) is -9.70. The number of hydrogen-bond donors (Lipinski definition) is 3. The van der Waals surface area contributed by atoms with Crippen molar-refractivity contribution in [1.82, 2.24) is 0 Å². The van der Waals surface area contributed by atoms with Crippen LogP contribution in [-0.2, 0) is 65.4 Å². The van der Waals surface area contributed by atoms with Gasteiger partial charge in [-0.2, -0.15) is 0 Å². The number of aliphatic hydroxyl groups excluding tert-OH is 1. The lowest BCUT2D eigenvalue weighted by Crippen LogP contribution is -2.29. The van der Waals surface area contributed by atoms with Gasteiger partial charge >= 0.3 is 39.5 Å². The van der Waals surface area contributed by atoms with Crippen molar-refractivity contribution in [3.05, 3.63) is 0 Å². The summed E-state index contributed by atoms with van der Waals surface area (Å²) in [6, 6.07) is 0. The number of phosphoric ester groups is 2. The smallest absolute Gasteiger partial charge is 0.462 e. The maximum atomic E-state index is 12.4. The lowest BCUT2D eigenvalue weighted by molar-refractivity contribution is -0.161. The summed E-state index contributed by atoms with van der Waals surface area (Å²) in [6.45, 7) is 1.82. The summed E-state index contributed by atoms with van der Waals surface area (Å²) in [5, 5.41) is 10.0. The number of esters is 4. The van der Waals surface area contributed by atoms with Gasteiger partial charge in [0.15, 0.2) is 12.2 Å². The van der Waals surface area contributed by atoms with Crippen LogP contribution in [0.15, 0.2) is 0 Å². The highest BCUT2D eigenvalue weighted by Crippen LogP contribution is 2.45. The van der Waals surface area contributed by atoms with E-state index in [4.69, 9.17) is 18.7 Å². The van der Waals surface area contributed by atoms with Crippen molar-refractivity contribution in [1.29, 1.82) is 0 Å². The third kappa shape index (κ3) is 28.0. The van der Waals surface area contributed by atoms with Crippen LogP contribution < -0.4 is 0 Å². The fourth-order valence-corrected chi connectivity index (χ4v) is 5.38. The van der Waals surface area contributed by atoms with Gasteiger partial charge in [0.1, 0.15) is 19.3 Å². The summed E-state index contributed by atoms with van der Waals surface area (Å²) in [6.07, 6.45) is 6.79. The quantitative estimate of drug-likeness (QED) is 0.0403. The van der Waals surface area contributed by atoms with E-state index in [1.807, 2.05) is 0 Å². The number of aliphatic hydroxyl groups is 1. The number of phosphoric acid groups is 2. The number of unbranched alkanes of at least 4 members (excludes halogenated alkanes) is 9. The highest BCUT2D eigenvalue weighted by Gasteiger charge is 2.29. The first-order chi connectivity index (χ1) is 22.6. The molecule has 2 unspecified atom stereocenters. The zero-order valence-electron chi connectivity index (χ0n) is 28.4. The minimum absolute atomic E-state index is 0.0502. The van der Waals surface area contributed by atoms with Gasteiger partial charge < -0.3 is 33.8 Å². The number of hydrogen-bond acceptors (Lipinski definition) is 15. The predicted octanol–water partition coefficient (Wildman–Crippen LogP) is 4.29. The second kappa shape index (κ2) is 26.9. The van der Waals surface area contributed by atoms with Crippen molar-refractivity contribution in [2.24, 2.45) is 0 Å². The highest BCUT2D eigenvalue weighted by atomic mass is 31.2. The molecule has 0 heterocycles. The van der Waals surface area contributed by atoms with Gasteiger partial charge in [0.25, 0.3) is 0 Å². The molecule has 0 bridgehead atoms. The molecular formula is C29H54O17P2. The van der Waals surface area contributed by atoms with E-state index in [0.717, 1.165) is 39.5 Å². The molecule has 0 aliphatic rings. The van der Waals surface area contributed by atoms with Crippen molar-refractivity contribution < 1.29 is 80.2 Å². The Bertz CT molecular complexity index is 1020. The molecule has 3 N–H and O–H groups in total. The molecule has 0 saturated carbocycles. The van der Waals surface area contributed by atoms with Gasteiger partial charge in [-0.3, -0.25) is 37.3 Å². The molecule has 0 saturated heterocycles. The number of carbonyl (C=O) groups excluding carboxylic acids is 4. The van der Waals surface area contributed by atoms with Gasteiger partial charge in [-0.05, 0) is 6.42 Å². The zero-order valence-corrected chi connectivity index (χ0v) is 30.2. The maximum absolute atomic E-state index is 12.4. The molecule has 282 valence electrons. The Kier molecular flexibility index (Phi) is 25.8. The third-order valence-electron chi connectivity index (χ3n) is 6.26. The van der Waals surface area contributed by atoms with Crippen LogP contribution in [0.2, 0.25) is 0 Å². The second-order valence-electron chi connectivity index (χ2n) is 10.9. The minimum Gasteiger partial charge on any atom is -0.462 e. The van der Waals surface area contributed by atoms with Crippen LogP contribution in [0.1, 0.15) is 105 Å². The molecule has 0 spiro atoms. The summed E-state index contributed by atoms with van der Waals surface area (Å²) < 4.78 is 63.1. The topological polar surface area (TPSA) is 237 Å². The van der Waals surface area contributed by atoms with Gasteiger partial charge in [0, 0.05) is 26.7 Å². The van der Waals surface area contributed by atoms with E-state index in [0.29, 0.717) is 6.42 Å². The molecule has 0 aliphatic carbocycles. The summed E-state index contributed by atoms with van der Waals surface area (Å²) >= 11 is 0. The molecular weight excluding hydrogens is 682 g/mol. The first-order valence-corrected chi connectivity index (χ1v) is 19.2. The van der Waals surface area contributed by atoms with Crippen LogP contribution in [-0.4, -0.2) is 96.7 Å². The van der Waals surface area contributed by atoms with Gasteiger partial charge in [0.05, 0.1) is 26.4 Å². The average Bonchev–Trinajstić information content (AvgIpc) is 3.02. The summed E-state index contributed by atoms with van der Waals surface area (Å²) in [4.78, 5) is 65.9. The molecule has 0 radical (unpaired) electrons. The standard InChI is InChI=1S/C29H54O17P2/c1-5-7-8-9-10-11-12-13-14-15-16-29(34)46-27(20-40-28(33)6-2)22-44-48(37,38)42-18-25(32)17-41-47(35,36)43-21-26(45-24(4)31)19-39-23(3)30/h25-27,32H,5-22H2,1-4H3,(H,35,36)(H,37,38)/t25-,26+,27+/m0/s1. The van der Waals surface area contributed by atoms with Crippen LogP contribution in [0.3, 0.4) is 0 Å². The Hall–Kier alpha value is -1.94. The number of ether oxygens (including phenoxy) is 4. The monoisotopic (exact) mass is 736 g/mol. The minimum atomic E-state index is -4.86. The van der Waals surface area contributed by atoms with Crippen LogP contribution in [0.5, 0.6) is 0 Å². The molecule has 0 aliphatic heterocycles. The second-order valence-corrected chi connectivity index (χ2v) is 13.8. The first kappa shape index (κ1) is 46.1. The predicted molar refractivity (Wildman–Crippen MR) is 169 cm³/mol. The van der Waals surface area contributed by atoms with E-state index in [9.17, 15) is 43.2 Å². The molecule has 17 nitrogen and oxygen atoms in total. The van der Waals surface area contributed by atoms with E-state index in [2.05, 4.69) is 25.2 Å². The van der Waals surface area contributed by atoms with Gasteiger partial charge in [-0.25, -0.2) is 9.13 Å². The Morgan fingerprint density at radius 2 is 1.00 bits per heavy atom. The van der Waals surface area contributed by atoms with Gasteiger partial charge in [0.2, 0.25) is 0 Å². The van der Waals surface area contributed by atoms with Crippen molar-refractivity contribution in [3.63, 3.8) is 0 Å². The molecule has 0 aromatic rings. The average molecular weight is 737 g/mol. The first-order valence-electron chi connectivity index (χ1n) is 16.2. The van der Waals surface area contributed by atoms with E-state index < -0.39 is 97.5 Å². The molecule has 0 aromatic heterocycles. The molecule has 0 amide bonds. The maximum Gasteiger partial charge on any atom is 0.472 e. The van der Waals surface area contributed by atoms with E-state index in [1.54, 1.807) is 6.92 Å². The highest BCUT2D eigenvalue weighted by molar-refractivity contribution is 7.47. The van der Waals surface area contributed by atoms with E-state index in [1.165, 1.54) is 32.1 Å². The fraction of sp³-hybridized carbons (Fsp3) is 0.862. The largest absolute Gasteiger partial charge is 0.472 e. The van der Waals surface area contributed by atoms with Crippen LogP contribution in [0.4, 0.5) is 0 Å². The van der Waals surface area contributed by atoms with Gasteiger partial charge in [-0.15, -0.1) is 0 Å². The van der Waals surface area contributed by atoms with Crippen LogP contribution >= 0.6 is 15.6 Å². The van der Waals surface area contributed by atoms with Crippen LogP contribution in [0, 0.1) is 0 Å². The molecule has 48 heavy (non-hydrogen) atoms. The molecule has 19 heteroatoms. The van der Waals surface area contributed by atoms with Gasteiger partial charge in [-0.1, -0.05) is 71.6 Å². The molecule has 5 atom stereocenters. The van der Waals surface area contributed by atoms with Crippen molar-refractivity contribution in [2.45, 2.75) is 123 Å². The lowest BCUT2D eigenvalue weighted by Gasteiger charge is -2.21. The fourth-order valence-electron chi connectivity index (χ4n) is 3.80. The SMILES string of the molecule is CCCCCCCCCCCCC(=O)O[C@H](COC(=O)CC)COP(=O)(O)OC[C@@H](O)COP(=O)(O)OC[C@@H](COC(C)=O)OC(C)=O. The zero-order chi connectivity index (χ0) is 36.4. The Morgan fingerprint density at radius 1 is 0.562 bits per heavy atom. The normalized spacial score (nSPS) is 15.7. The lowest BCUT2D eigenvalue weighted by atomic mass is 10.1. The van der Waals surface area contributed by atoms with Crippen molar-refractivity contribution >= 4 is 39.5 Å². The summed E-state index contributed by atoms with van der Waals surface area (Å²) in [5.74, 6) is -2.66. The molecule has 0 aromatic carbocycles. The number of rotatable bonds is 30. The Balaban J connectivity index is 4.66. The number of carbonyl (C=O) groups is 4. The third-order valence-corrected chi connectivity index (χ3v) is 8.17. The molecule has 0 fully saturated rings. The Labute approximate surface area is 282 Å². The van der Waals surface area contributed by atoms with Crippen LogP contribution in [0.25, 0.3) is 0 Å². The Morgan fingerprint density at radius 3 is 1.46 bits per heavy atom. The van der Waals surface area contributed by atoms with E-state index >= 15 is 0 Å². The van der Waals surface area contributed by atoms with Crippen molar-refractivity contribution in [3.8, 4) is 0 Å². The van der Waals surface area contributed by atoms with E-state index in [-0.39, 0.29) is 12.8 Å².